The highest BCUT2D eigenvalue weighted by atomic mass is 32.2. The van der Waals surface area contributed by atoms with Crippen molar-refractivity contribution in [3.8, 4) is 11.8 Å². The van der Waals surface area contributed by atoms with Crippen LogP contribution in [-0.2, 0) is 0 Å². The van der Waals surface area contributed by atoms with Gasteiger partial charge < -0.3 is 4.74 Å². The van der Waals surface area contributed by atoms with E-state index in [1.807, 2.05) is 24.3 Å². The Morgan fingerprint density at radius 2 is 2.05 bits per heavy atom. The summed E-state index contributed by atoms with van der Waals surface area (Å²) in [5.74, 6) is 1.76. The molecule has 0 spiro atoms. The van der Waals surface area contributed by atoms with Crippen molar-refractivity contribution in [2.24, 2.45) is 0 Å². The second-order valence-electron chi connectivity index (χ2n) is 3.87. The van der Waals surface area contributed by atoms with Crippen molar-refractivity contribution >= 4 is 11.8 Å². The summed E-state index contributed by atoms with van der Waals surface area (Å²) in [7, 11) is 0. The first-order valence-corrected chi connectivity index (χ1v) is 7.03. The molecule has 3 nitrogen and oxygen atoms in total. The van der Waals surface area contributed by atoms with E-state index in [0.717, 1.165) is 17.9 Å². The molecular formula is C15H14N2OS. The van der Waals surface area contributed by atoms with Crippen LogP contribution in [0.25, 0.3) is 0 Å². The highest BCUT2D eigenvalue weighted by Gasteiger charge is 1.97. The van der Waals surface area contributed by atoms with E-state index in [1.165, 1.54) is 4.90 Å². The van der Waals surface area contributed by atoms with Gasteiger partial charge in [-0.25, -0.2) is 0 Å². The van der Waals surface area contributed by atoms with Gasteiger partial charge in [0.15, 0.2) is 0 Å². The number of aromatic nitrogens is 1. The average Bonchev–Trinajstić information content (AvgIpc) is 2.48. The topological polar surface area (TPSA) is 45.9 Å². The van der Waals surface area contributed by atoms with Gasteiger partial charge in [-0.1, -0.05) is 6.07 Å². The minimum atomic E-state index is 0.628. The third-order valence-electron chi connectivity index (χ3n) is 2.44. The molecule has 1 heterocycles. The summed E-state index contributed by atoms with van der Waals surface area (Å²) < 4.78 is 5.61. The number of hydrogen-bond donors (Lipinski definition) is 0. The molecule has 1 aromatic heterocycles. The maximum absolute atomic E-state index is 8.78. The van der Waals surface area contributed by atoms with Gasteiger partial charge in [0.2, 0.25) is 0 Å². The minimum absolute atomic E-state index is 0.628. The van der Waals surface area contributed by atoms with Gasteiger partial charge in [-0.2, -0.15) is 5.26 Å². The number of hydrogen-bond acceptors (Lipinski definition) is 4. The standard InChI is InChI=1S/C15H14N2OS/c16-12-13-3-1-4-14(11-13)18-9-2-10-19-15-5-7-17-8-6-15/h1,3-8,11H,2,9-10H2. The van der Waals surface area contributed by atoms with Crippen LogP contribution in [0.1, 0.15) is 12.0 Å². The number of nitriles is 1. The molecule has 1 aromatic carbocycles. The molecule has 0 amide bonds. The van der Waals surface area contributed by atoms with Crippen molar-refractivity contribution in [1.29, 1.82) is 5.26 Å². The summed E-state index contributed by atoms with van der Waals surface area (Å²) in [4.78, 5) is 5.20. The summed E-state index contributed by atoms with van der Waals surface area (Å²) in [5.41, 5.74) is 0.628. The molecule has 2 rings (SSSR count). The van der Waals surface area contributed by atoms with Crippen LogP contribution >= 0.6 is 11.8 Å². The Bertz CT molecular complexity index is 552. The number of nitrogens with zero attached hydrogens (tertiary/aromatic N) is 2. The quantitative estimate of drug-likeness (QED) is 0.595. The largest absolute Gasteiger partial charge is 0.494 e. The van der Waals surface area contributed by atoms with E-state index in [2.05, 4.69) is 11.1 Å². The Balaban J connectivity index is 1.68. The fourth-order valence-electron chi connectivity index (χ4n) is 1.53. The number of benzene rings is 1. The van der Waals surface area contributed by atoms with Crippen LogP contribution in [0, 0.1) is 11.3 Å². The molecule has 0 fully saturated rings. The van der Waals surface area contributed by atoms with Gasteiger partial charge in [0, 0.05) is 23.0 Å². The molecule has 0 atom stereocenters. The van der Waals surface area contributed by atoms with Crippen molar-refractivity contribution in [2.75, 3.05) is 12.4 Å². The first-order valence-electron chi connectivity index (χ1n) is 6.04. The maximum atomic E-state index is 8.78. The van der Waals surface area contributed by atoms with Crippen LogP contribution in [0.5, 0.6) is 5.75 Å². The predicted octanol–water partition coefficient (Wildman–Crippen LogP) is 3.51. The molecule has 0 aliphatic rings. The maximum Gasteiger partial charge on any atom is 0.120 e. The van der Waals surface area contributed by atoms with E-state index in [-0.39, 0.29) is 0 Å². The Labute approximate surface area is 117 Å². The molecule has 0 bridgehead atoms. The lowest BCUT2D eigenvalue weighted by Gasteiger charge is -2.06. The van der Waals surface area contributed by atoms with Gasteiger partial charge in [-0.05, 0) is 36.8 Å². The number of rotatable bonds is 6. The van der Waals surface area contributed by atoms with E-state index in [9.17, 15) is 0 Å². The summed E-state index contributed by atoms with van der Waals surface area (Å²) >= 11 is 1.79. The summed E-state index contributed by atoms with van der Waals surface area (Å²) in [6.07, 6.45) is 4.56. The zero-order valence-corrected chi connectivity index (χ0v) is 11.3. The highest BCUT2D eigenvalue weighted by molar-refractivity contribution is 7.99. The Morgan fingerprint density at radius 1 is 1.21 bits per heavy atom. The molecule has 0 radical (unpaired) electrons. The molecule has 2 aromatic rings. The van der Waals surface area contributed by atoms with Crippen molar-refractivity contribution in [3.63, 3.8) is 0 Å². The normalized spacial score (nSPS) is 9.84. The first-order chi connectivity index (χ1) is 9.38. The second kappa shape index (κ2) is 7.45. The number of ether oxygens (including phenoxy) is 1. The summed E-state index contributed by atoms with van der Waals surface area (Å²) in [6, 6.07) is 13.3. The molecule has 0 unspecified atom stereocenters. The third kappa shape index (κ3) is 4.65. The molecule has 96 valence electrons. The first kappa shape index (κ1) is 13.4. The van der Waals surface area contributed by atoms with Crippen LogP contribution in [0.2, 0.25) is 0 Å². The van der Waals surface area contributed by atoms with E-state index >= 15 is 0 Å². The monoisotopic (exact) mass is 270 g/mol. The Kier molecular flexibility index (Phi) is 5.27. The van der Waals surface area contributed by atoms with Crippen LogP contribution in [0.4, 0.5) is 0 Å². The Hall–Kier alpha value is -1.99. The fourth-order valence-corrected chi connectivity index (χ4v) is 2.34. The lowest BCUT2D eigenvalue weighted by atomic mass is 10.2. The van der Waals surface area contributed by atoms with E-state index < -0.39 is 0 Å². The van der Waals surface area contributed by atoms with Crippen LogP contribution in [0.3, 0.4) is 0 Å². The van der Waals surface area contributed by atoms with Crippen molar-refractivity contribution in [2.45, 2.75) is 11.3 Å². The SMILES string of the molecule is N#Cc1cccc(OCCCSc2ccncc2)c1. The van der Waals surface area contributed by atoms with Gasteiger partial charge in [0.05, 0.1) is 18.2 Å². The molecule has 0 aliphatic heterocycles. The Morgan fingerprint density at radius 3 is 2.84 bits per heavy atom. The van der Waals surface area contributed by atoms with Crippen LogP contribution < -0.4 is 4.74 Å². The van der Waals surface area contributed by atoms with Crippen molar-refractivity contribution < 1.29 is 4.74 Å². The summed E-state index contributed by atoms with van der Waals surface area (Å²) in [6.45, 7) is 0.660. The lowest BCUT2D eigenvalue weighted by Crippen LogP contribution is -1.98. The van der Waals surface area contributed by atoms with E-state index in [4.69, 9.17) is 10.00 Å². The molecule has 4 heteroatoms. The molecular weight excluding hydrogens is 256 g/mol. The predicted molar refractivity (Wildman–Crippen MR) is 76.2 cm³/mol. The second-order valence-corrected chi connectivity index (χ2v) is 5.04. The molecule has 0 aliphatic carbocycles. The number of pyridine rings is 1. The zero-order valence-electron chi connectivity index (χ0n) is 10.5. The van der Waals surface area contributed by atoms with Gasteiger partial charge in [0.25, 0.3) is 0 Å². The van der Waals surface area contributed by atoms with Gasteiger partial charge >= 0.3 is 0 Å². The van der Waals surface area contributed by atoms with Crippen molar-refractivity contribution in [3.05, 3.63) is 54.4 Å². The van der Waals surface area contributed by atoms with Crippen LogP contribution in [-0.4, -0.2) is 17.3 Å². The molecule has 0 N–H and O–H groups in total. The van der Waals surface area contributed by atoms with E-state index in [0.29, 0.717) is 12.2 Å². The average molecular weight is 270 g/mol. The lowest BCUT2D eigenvalue weighted by molar-refractivity contribution is 0.318. The number of thioether (sulfide) groups is 1. The van der Waals surface area contributed by atoms with E-state index in [1.54, 1.807) is 36.3 Å². The van der Waals surface area contributed by atoms with Gasteiger partial charge in [-0.3, -0.25) is 4.98 Å². The third-order valence-corrected chi connectivity index (χ3v) is 3.54. The smallest absolute Gasteiger partial charge is 0.120 e. The minimum Gasteiger partial charge on any atom is -0.494 e. The molecule has 19 heavy (non-hydrogen) atoms. The molecule has 0 saturated carbocycles. The van der Waals surface area contributed by atoms with Crippen LogP contribution in [0.15, 0.2) is 53.7 Å². The fraction of sp³-hybridized carbons (Fsp3) is 0.200. The molecule has 0 saturated heterocycles. The summed E-state index contributed by atoms with van der Waals surface area (Å²) in [5, 5.41) is 8.78. The zero-order chi connectivity index (χ0) is 13.3. The highest BCUT2D eigenvalue weighted by Crippen LogP contribution is 2.18. The van der Waals surface area contributed by atoms with Gasteiger partial charge in [0.1, 0.15) is 5.75 Å². The van der Waals surface area contributed by atoms with Gasteiger partial charge in [-0.15, -0.1) is 11.8 Å². The van der Waals surface area contributed by atoms with Crippen molar-refractivity contribution in [1.82, 2.24) is 4.98 Å².